The molecule has 1 atom stereocenters. The molecule has 2 aromatic rings. The van der Waals surface area contributed by atoms with Gasteiger partial charge in [-0.25, -0.2) is 0 Å². The molecule has 3 rings (SSSR count). The molecule has 0 radical (unpaired) electrons. The molecule has 0 aliphatic carbocycles. The van der Waals surface area contributed by atoms with E-state index < -0.39 is 0 Å². The van der Waals surface area contributed by atoms with Gasteiger partial charge in [0.1, 0.15) is 12.7 Å². The summed E-state index contributed by atoms with van der Waals surface area (Å²) < 4.78 is 1.81. The maximum atomic E-state index is 13.2. The summed E-state index contributed by atoms with van der Waals surface area (Å²) in [6.45, 7) is 8.28. The fraction of sp³-hybridized carbons (Fsp3) is 0.526. The summed E-state index contributed by atoms with van der Waals surface area (Å²) in [6.07, 6.45) is 6.67. The Morgan fingerprint density at radius 3 is 2.62 bits per heavy atom. The van der Waals surface area contributed by atoms with Crippen molar-refractivity contribution in [3.05, 3.63) is 42.0 Å². The highest BCUT2D eigenvalue weighted by Gasteiger charge is 2.25. The molecule has 2 heterocycles. The minimum atomic E-state index is 0.117. The summed E-state index contributed by atoms with van der Waals surface area (Å²) in [5.41, 5.74) is 2.67. The number of carbonyl (C=O) groups is 1. The van der Waals surface area contributed by atoms with E-state index in [4.69, 9.17) is 0 Å². The monoisotopic (exact) mass is 326 g/mol. The van der Waals surface area contributed by atoms with Crippen molar-refractivity contribution in [1.29, 1.82) is 0 Å². The van der Waals surface area contributed by atoms with Crippen molar-refractivity contribution in [2.24, 2.45) is 11.8 Å². The number of aryl methyl sites for hydroxylation is 1. The molecule has 1 aliphatic heterocycles. The Morgan fingerprint density at radius 1 is 1.17 bits per heavy atom. The molecule has 0 spiro atoms. The van der Waals surface area contributed by atoms with E-state index in [0.29, 0.717) is 5.92 Å². The van der Waals surface area contributed by atoms with Crippen molar-refractivity contribution in [2.45, 2.75) is 40.0 Å². The Balaban J connectivity index is 1.86. The lowest BCUT2D eigenvalue weighted by molar-refractivity contribution is 0.0758. The topological polar surface area (TPSA) is 51.0 Å². The molecule has 5 nitrogen and oxygen atoms in total. The number of hydrogen-bond donors (Lipinski definition) is 0. The molecule has 1 amide bonds. The SMILES string of the molecule is Cc1ccc(-n2cnnc2)c(C(=O)N2CCCC(C(C)C)CC2)c1. The molecule has 1 saturated heterocycles. The van der Waals surface area contributed by atoms with E-state index in [1.54, 1.807) is 17.2 Å². The minimum absolute atomic E-state index is 0.117. The van der Waals surface area contributed by atoms with E-state index >= 15 is 0 Å². The zero-order chi connectivity index (χ0) is 17.1. The zero-order valence-corrected chi connectivity index (χ0v) is 14.8. The minimum Gasteiger partial charge on any atom is -0.339 e. The molecule has 0 saturated carbocycles. The lowest BCUT2D eigenvalue weighted by Crippen LogP contribution is -2.33. The summed E-state index contributed by atoms with van der Waals surface area (Å²) in [6, 6.07) is 5.96. The molecular weight excluding hydrogens is 300 g/mol. The highest BCUT2D eigenvalue weighted by atomic mass is 16.2. The second-order valence-corrected chi connectivity index (χ2v) is 7.12. The highest BCUT2D eigenvalue weighted by molar-refractivity contribution is 5.98. The first-order valence-electron chi connectivity index (χ1n) is 8.81. The number of amides is 1. The van der Waals surface area contributed by atoms with Gasteiger partial charge in [-0.2, -0.15) is 0 Å². The van der Waals surface area contributed by atoms with Crippen LogP contribution in [-0.2, 0) is 0 Å². The molecule has 1 aliphatic rings. The molecule has 128 valence electrons. The maximum absolute atomic E-state index is 13.2. The fourth-order valence-corrected chi connectivity index (χ4v) is 3.53. The molecule has 1 aromatic carbocycles. The summed E-state index contributed by atoms with van der Waals surface area (Å²) in [5, 5.41) is 7.73. The van der Waals surface area contributed by atoms with Crippen molar-refractivity contribution < 1.29 is 4.79 Å². The number of nitrogens with zero attached hydrogens (tertiary/aromatic N) is 4. The Kier molecular flexibility index (Phi) is 4.97. The first kappa shape index (κ1) is 16.7. The zero-order valence-electron chi connectivity index (χ0n) is 14.8. The van der Waals surface area contributed by atoms with Crippen LogP contribution in [0.1, 0.15) is 49.0 Å². The van der Waals surface area contributed by atoms with Crippen molar-refractivity contribution in [3.63, 3.8) is 0 Å². The van der Waals surface area contributed by atoms with E-state index in [2.05, 4.69) is 24.0 Å². The van der Waals surface area contributed by atoms with E-state index in [9.17, 15) is 4.79 Å². The van der Waals surface area contributed by atoms with Crippen molar-refractivity contribution in [1.82, 2.24) is 19.7 Å². The molecule has 1 aromatic heterocycles. The van der Waals surface area contributed by atoms with Crippen molar-refractivity contribution in [2.75, 3.05) is 13.1 Å². The molecule has 0 bridgehead atoms. The van der Waals surface area contributed by atoms with Crippen LogP contribution in [0.3, 0.4) is 0 Å². The summed E-state index contributed by atoms with van der Waals surface area (Å²) >= 11 is 0. The fourth-order valence-electron chi connectivity index (χ4n) is 3.53. The van der Waals surface area contributed by atoms with Crippen LogP contribution in [0, 0.1) is 18.8 Å². The van der Waals surface area contributed by atoms with Gasteiger partial charge in [-0.3, -0.25) is 9.36 Å². The molecular formula is C19H26N4O. The van der Waals surface area contributed by atoms with Gasteiger partial charge >= 0.3 is 0 Å². The van der Waals surface area contributed by atoms with Gasteiger partial charge in [0.05, 0.1) is 11.3 Å². The lowest BCUT2D eigenvalue weighted by atomic mass is 9.89. The number of hydrogen-bond acceptors (Lipinski definition) is 3. The number of aromatic nitrogens is 3. The average Bonchev–Trinajstić information content (AvgIpc) is 2.97. The third-order valence-corrected chi connectivity index (χ3v) is 5.08. The van der Waals surface area contributed by atoms with Gasteiger partial charge in [0, 0.05) is 13.1 Å². The predicted octanol–water partition coefficient (Wildman–Crippen LogP) is 3.47. The van der Waals surface area contributed by atoms with Crippen molar-refractivity contribution >= 4 is 5.91 Å². The average molecular weight is 326 g/mol. The Hall–Kier alpha value is -2.17. The summed E-state index contributed by atoms with van der Waals surface area (Å²) in [7, 11) is 0. The van der Waals surface area contributed by atoms with E-state index in [1.807, 2.05) is 30.0 Å². The summed E-state index contributed by atoms with van der Waals surface area (Å²) in [5.74, 6) is 1.52. The normalized spacial score (nSPS) is 18.7. The molecule has 5 heteroatoms. The number of benzene rings is 1. The largest absolute Gasteiger partial charge is 0.339 e. The van der Waals surface area contributed by atoms with Crippen LogP contribution in [0.15, 0.2) is 30.9 Å². The summed E-state index contributed by atoms with van der Waals surface area (Å²) in [4.78, 5) is 15.2. The van der Waals surface area contributed by atoms with Crippen LogP contribution in [0.25, 0.3) is 5.69 Å². The van der Waals surface area contributed by atoms with Crippen LogP contribution in [0.5, 0.6) is 0 Å². The standard InChI is InChI=1S/C19H26N4O/c1-14(2)16-5-4-9-22(10-8-16)19(24)17-11-15(3)6-7-18(17)23-12-20-21-13-23/h6-7,11-14,16H,4-5,8-10H2,1-3H3. The molecule has 0 N–H and O–H groups in total. The predicted molar refractivity (Wildman–Crippen MR) is 94.2 cm³/mol. The molecule has 1 fully saturated rings. The van der Waals surface area contributed by atoms with Gasteiger partial charge in [0.15, 0.2) is 0 Å². The van der Waals surface area contributed by atoms with Crippen LogP contribution in [0.2, 0.25) is 0 Å². The van der Waals surface area contributed by atoms with Gasteiger partial charge in [0.25, 0.3) is 5.91 Å². The Labute approximate surface area is 143 Å². The second kappa shape index (κ2) is 7.16. The first-order valence-corrected chi connectivity index (χ1v) is 8.81. The van der Waals surface area contributed by atoms with Crippen LogP contribution in [0.4, 0.5) is 0 Å². The first-order chi connectivity index (χ1) is 11.6. The third kappa shape index (κ3) is 3.50. The van der Waals surface area contributed by atoms with Crippen LogP contribution < -0.4 is 0 Å². The van der Waals surface area contributed by atoms with Crippen LogP contribution >= 0.6 is 0 Å². The smallest absolute Gasteiger partial charge is 0.255 e. The lowest BCUT2D eigenvalue weighted by Gasteiger charge is -2.23. The third-order valence-electron chi connectivity index (χ3n) is 5.08. The van der Waals surface area contributed by atoms with Crippen LogP contribution in [-0.4, -0.2) is 38.7 Å². The number of carbonyl (C=O) groups excluding carboxylic acids is 1. The Morgan fingerprint density at radius 2 is 1.92 bits per heavy atom. The molecule has 24 heavy (non-hydrogen) atoms. The van der Waals surface area contributed by atoms with Gasteiger partial charge < -0.3 is 4.90 Å². The van der Waals surface area contributed by atoms with Gasteiger partial charge in [-0.1, -0.05) is 25.5 Å². The van der Waals surface area contributed by atoms with E-state index in [-0.39, 0.29) is 5.91 Å². The highest BCUT2D eigenvalue weighted by Crippen LogP contribution is 2.26. The molecule has 1 unspecified atom stereocenters. The van der Waals surface area contributed by atoms with Crippen molar-refractivity contribution in [3.8, 4) is 5.69 Å². The quantitative estimate of drug-likeness (QED) is 0.868. The van der Waals surface area contributed by atoms with E-state index in [1.165, 1.54) is 6.42 Å². The second-order valence-electron chi connectivity index (χ2n) is 7.12. The van der Waals surface area contributed by atoms with Gasteiger partial charge in [0.2, 0.25) is 0 Å². The number of likely N-dealkylation sites (tertiary alicyclic amines) is 1. The maximum Gasteiger partial charge on any atom is 0.255 e. The number of rotatable bonds is 3. The van der Waals surface area contributed by atoms with Gasteiger partial charge in [-0.05, 0) is 50.2 Å². The van der Waals surface area contributed by atoms with Gasteiger partial charge in [-0.15, -0.1) is 10.2 Å². The van der Waals surface area contributed by atoms with E-state index in [0.717, 1.165) is 48.7 Å². The Bertz CT molecular complexity index is 693.